The standard InChI is InChI=1S/C16H16N2O2S/c1-13-11-18-15(21-13)9-5-6-10-17-16(19)20-12-14-7-3-2-4-8-14/h2-4,7-8,11H,6,10,12H2,1H3,(H,17,19). The van der Waals surface area contributed by atoms with E-state index in [0.29, 0.717) is 13.0 Å². The molecule has 0 spiro atoms. The quantitative estimate of drug-likeness (QED) is 0.697. The largest absolute Gasteiger partial charge is 0.445 e. The Morgan fingerprint density at radius 1 is 1.38 bits per heavy atom. The molecule has 2 aromatic rings. The van der Waals surface area contributed by atoms with E-state index < -0.39 is 6.09 Å². The number of rotatable bonds is 4. The molecule has 4 nitrogen and oxygen atoms in total. The molecule has 0 saturated carbocycles. The van der Waals surface area contributed by atoms with Crippen molar-refractivity contribution in [2.24, 2.45) is 0 Å². The zero-order valence-corrected chi connectivity index (χ0v) is 12.6. The van der Waals surface area contributed by atoms with E-state index in [1.54, 1.807) is 17.5 Å². The number of benzene rings is 1. The Bertz CT molecular complexity index is 641. The number of nitrogens with zero attached hydrogens (tertiary/aromatic N) is 1. The normalized spacial score (nSPS) is 9.57. The van der Waals surface area contributed by atoms with Crippen LogP contribution in [0.3, 0.4) is 0 Å². The van der Waals surface area contributed by atoms with Crippen LogP contribution in [0, 0.1) is 18.8 Å². The molecule has 0 unspecified atom stereocenters. The molecule has 5 heteroatoms. The number of alkyl carbamates (subject to hydrolysis) is 1. The Labute approximate surface area is 128 Å². The zero-order chi connectivity index (χ0) is 14.9. The summed E-state index contributed by atoms with van der Waals surface area (Å²) in [5, 5.41) is 3.47. The maximum absolute atomic E-state index is 11.5. The monoisotopic (exact) mass is 300 g/mol. The molecule has 2 rings (SSSR count). The Morgan fingerprint density at radius 3 is 2.90 bits per heavy atom. The van der Waals surface area contributed by atoms with Gasteiger partial charge in [0.05, 0.1) is 0 Å². The molecule has 0 atom stereocenters. The van der Waals surface area contributed by atoms with Gasteiger partial charge in [-0.25, -0.2) is 9.78 Å². The maximum atomic E-state index is 11.5. The molecular weight excluding hydrogens is 284 g/mol. The predicted octanol–water partition coefficient (Wildman–Crippen LogP) is 3.12. The summed E-state index contributed by atoms with van der Waals surface area (Å²) in [6, 6.07) is 9.56. The van der Waals surface area contributed by atoms with Crippen LogP contribution < -0.4 is 5.32 Å². The van der Waals surface area contributed by atoms with Gasteiger partial charge in [0.25, 0.3) is 0 Å². The second kappa shape index (κ2) is 8.08. The summed E-state index contributed by atoms with van der Waals surface area (Å²) in [6.45, 7) is 2.73. The molecule has 0 radical (unpaired) electrons. The second-order valence-electron chi connectivity index (χ2n) is 4.32. The van der Waals surface area contributed by atoms with E-state index in [-0.39, 0.29) is 6.61 Å². The van der Waals surface area contributed by atoms with Crippen LogP contribution in [0.4, 0.5) is 4.79 Å². The number of thiazole rings is 1. The number of hydrogen-bond donors (Lipinski definition) is 1. The molecule has 1 N–H and O–H groups in total. The fraction of sp³-hybridized carbons (Fsp3) is 0.250. The van der Waals surface area contributed by atoms with E-state index in [9.17, 15) is 4.79 Å². The third kappa shape index (κ3) is 5.67. The summed E-state index contributed by atoms with van der Waals surface area (Å²) >= 11 is 1.56. The van der Waals surface area contributed by atoms with Crippen molar-refractivity contribution in [3.05, 3.63) is 52.0 Å². The van der Waals surface area contributed by atoms with Crippen LogP contribution >= 0.6 is 11.3 Å². The number of hydrogen-bond acceptors (Lipinski definition) is 4. The van der Waals surface area contributed by atoms with E-state index in [1.807, 2.05) is 37.3 Å². The Kier molecular flexibility index (Phi) is 5.80. The van der Waals surface area contributed by atoms with Gasteiger partial charge in [0.15, 0.2) is 5.01 Å². The number of ether oxygens (including phenoxy) is 1. The molecule has 1 heterocycles. The summed E-state index contributed by atoms with van der Waals surface area (Å²) in [6.07, 6.45) is 1.94. The van der Waals surface area contributed by atoms with Crippen LogP contribution in [0.1, 0.15) is 21.9 Å². The molecule has 0 fully saturated rings. The number of amides is 1. The zero-order valence-electron chi connectivity index (χ0n) is 11.8. The molecular formula is C16H16N2O2S. The first-order valence-corrected chi connectivity index (χ1v) is 7.41. The summed E-state index contributed by atoms with van der Waals surface area (Å²) in [7, 11) is 0. The highest BCUT2D eigenvalue weighted by molar-refractivity contribution is 7.12. The molecule has 1 aromatic heterocycles. The lowest BCUT2D eigenvalue weighted by atomic mass is 10.2. The van der Waals surface area contributed by atoms with Crippen LogP contribution in [0.15, 0.2) is 36.5 Å². The average molecular weight is 300 g/mol. The Balaban J connectivity index is 1.62. The van der Waals surface area contributed by atoms with Gasteiger partial charge < -0.3 is 10.1 Å². The highest BCUT2D eigenvalue weighted by Gasteiger charge is 2.00. The van der Waals surface area contributed by atoms with E-state index in [0.717, 1.165) is 15.4 Å². The van der Waals surface area contributed by atoms with Crippen molar-refractivity contribution >= 4 is 17.4 Å². The van der Waals surface area contributed by atoms with Crippen molar-refractivity contribution in [3.63, 3.8) is 0 Å². The summed E-state index contributed by atoms with van der Waals surface area (Å²) < 4.78 is 5.09. The van der Waals surface area contributed by atoms with Crippen LogP contribution in [0.2, 0.25) is 0 Å². The molecule has 0 aliphatic heterocycles. The highest BCUT2D eigenvalue weighted by atomic mass is 32.1. The molecule has 1 amide bonds. The van der Waals surface area contributed by atoms with Crippen LogP contribution in [-0.2, 0) is 11.3 Å². The van der Waals surface area contributed by atoms with E-state index in [1.165, 1.54) is 0 Å². The molecule has 0 aliphatic rings. The van der Waals surface area contributed by atoms with E-state index in [4.69, 9.17) is 4.74 Å². The number of carbonyl (C=O) groups excluding carboxylic acids is 1. The first kappa shape index (κ1) is 15.1. The van der Waals surface area contributed by atoms with Crippen LogP contribution in [0.5, 0.6) is 0 Å². The molecule has 108 valence electrons. The van der Waals surface area contributed by atoms with Gasteiger partial charge in [0, 0.05) is 24.0 Å². The molecule has 0 aliphatic carbocycles. The molecule has 1 aromatic carbocycles. The minimum atomic E-state index is -0.425. The highest BCUT2D eigenvalue weighted by Crippen LogP contribution is 2.08. The Morgan fingerprint density at radius 2 is 2.19 bits per heavy atom. The molecule has 0 bridgehead atoms. The van der Waals surface area contributed by atoms with Gasteiger partial charge in [-0.2, -0.15) is 0 Å². The van der Waals surface area contributed by atoms with Gasteiger partial charge in [0.2, 0.25) is 0 Å². The van der Waals surface area contributed by atoms with Crippen LogP contribution in [0.25, 0.3) is 0 Å². The van der Waals surface area contributed by atoms with Crippen molar-refractivity contribution in [1.29, 1.82) is 0 Å². The van der Waals surface area contributed by atoms with E-state index >= 15 is 0 Å². The minimum Gasteiger partial charge on any atom is -0.445 e. The lowest BCUT2D eigenvalue weighted by Crippen LogP contribution is -2.24. The fourth-order valence-corrected chi connectivity index (χ4v) is 2.19. The number of aromatic nitrogens is 1. The maximum Gasteiger partial charge on any atom is 0.407 e. The number of nitrogens with one attached hydrogen (secondary N) is 1. The first-order chi connectivity index (χ1) is 10.2. The summed E-state index contributed by atoms with van der Waals surface area (Å²) in [5.41, 5.74) is 0.964. The van der Waals surface area contributed by atoms with Gasteiger partial charge in [0.1, 0.15) is 6.61 Å². The van der Waals surface area contributed by atoms with Gasteiger partial charge >= 0.3 is 6.09 Å². The average Bonchev–Trinajstić information content (AvgIpc) is 2.91. The van der Waals surface area contributed by atoms with Crippen molar-refractivity contribution in [3.8, 4) is 11.8 Å². The van der Waals surface area contributed by atoms with Crippen molar-refractivity contribution < 1.29 is 9.53 Å². The van der Waals surface area contributed by atoms with E-state index in [2.05, 4.69) is 22.1 Å². The Hall–Kier alpha value is -2.32. The van der Waals surface area contributed by atoms with Gasteiger partial charge in [-0.15, -0.1) is 11.3 Å². The van der Waals surface area contributed by atoms with Gasteiger partial charge in [-0.05, 0) is 18.4 Å². The lowest BCUT2D eigenvalue weighted by molar-refractivity contribution is 0.140. The predicted molar refractivity (Wildman–Crippen MR) is 83.0 cm³/mol. The number of carbonyl (C=O) groups is 1. The van der Waals surface area contributed by atoms with Crippen LogP contribution in [-0.4, -0.2) is 17.6 Å². The summed E-state index contributed by atoms with van der Waals surface area (Å²) in [4.78, 5) is 16.7. The van der Waals surface area contributed by atoms with Gasteiger partial charge in [-0.3, -0.25) is 0 Å². The fourth-order valence-electron chi connectivity index (χ4n) is 1.55. The van der Waals surface area contributed by atoms with Crippen molar-refractivity contribution in [1.82, 2.24) is 10.3 Å². The topological polar surface area (TPSA) is 51.2 Å². The SMILES string of the molecule is Cc1cnc(C#CCCNC(=O)OCc2ccccc2)s1. The minimum absolute atomic E-state index is 0.275. The molecule has 21 heavy (non-hydrogen) atoms. The smallest absolute Gasteiger partial charge is 0.407 e. The van der Waals surface area contributed by atoms with Gasteiger partial charge in [-0.1, -0.05) is 36.3 Å². The third-order valence-corrected chi connectivity index (χ3v) is 3.38. The lowest BCUT2D eigenvalue weighted by Gasteiger charge is -2.05. The van der Waals surface area contributed by atoms with Crippen molar-refractivity contribution in [2.45, 2.75) is 20.0 Å². The third-order valence-electron chi connectivity index (χ3n) is 2.55. The number of aryl methyl sites for hydroxylation is 1. The second-order valence-corrected chi connectivity index (χ2v) is 5.55. The summed E-state index contributed by atoms with van der Waals surface area (Å²) in [5.74, 6) is 5.93. The van der Waals surface area contributed by atoms with Crippen molar-refractivity contribution in [2.75, 3.05) is 6.54 Å². The first-order valence-electron chi connectivity index (χ1n) is 6.60. The molecule has 0 saturated heterocycles.